The zero-order chi connectivity index (χ0) is 19.5. The first kappa shape index (κ1) is 21.5. The molecule has 1 fully saturated rings. The Kier molecular flexibility index (Phi) is 8.84. The molecule has 1 aliphatic heterocycles. The molecule has 1 aromatic carbocycles. The van der Waals surface area contributed by atoms with Crippen molar-refractivity contribution in [2.24, 2.45) is 4.99 Å². The lowest BCUT2D eigenvalue weighted by Crippen LogP contribution is -2.48. The largest absolute Gasteiger partial charge is 0.387 e. The normalized spacial score (nSPS) is 18.0. The van der Waals surface area contributed by atoms with Crippen LogP contribution in [-0.2, 0) is 4.74 Å². The Morgan fingerprint density at radius 1 is 1.26 bits per heavy atom. The summed E-state index contributed by atoms with van der Waals surface area (Å²) in [5, 5.41) is 17.3. The fourth-order valence-electron chi connectivity index (χ4n) is 3.04. The molecule has 0 bridgehead atoms. The van der Waals surface area contributed by atoms with E-state index in [1.165, 1.54) is 5.69 Å². The fourth-order valence-corrected chi connectivity index (χ4v) is 3.04. The summed E-state index contributed by atoms with van der Waals surface area (Å²) in [5.41, 5.74) is 0.329. The molecule has 1 atom stereocenters. The van der Waals surface area contributed by atoms with Gasteiger partial charge in [0.2, 0.25) is 0 Å². The number of nitrogens with one attached hydrogen (secondary N) is 2. The maximum Gasteiger partial charge on any atom is 0.191 e. The van der Waals surface area contributed by atoms with Gasteiger partial charge in [-0.25, -0.2) is 0 Å². The molecule has 152 valence electrons. The van der Waals surface area contributed by atoms with Crippen molar-refractivity contribution >= 4 is 11.6 Å². The Morgan fingerprint density at radius 3 is 2.63 bits per heavy atom. The maximum absolute atomic E-state index is 10.7. The molecule has 1 saturated heterocycles. The number of aliphatic hydroxyl groups is 1. The number of ether oxygens (including phenoxy) is 1. The molecule has 0 aromatic heterocycles. The van der Waals surface area contributed by atoms with Crippen LogP contribution in [0.1, 0.15) is 13.8 Å². The van der Waals surface area contributed by atoms with Crippen molar-refractivity contribution in [3.63, 3.8) is 0 Å². The van der Waals surface area contributed by atoms with Crippen molar-refractivity contribution in [3.05, 3.63) is 30.3 Å². The molecule has 2 rings (SSSR count). The van der Waals surface area contributed by atoms with Gasteiger partial charge in [0.25, 0.3) is 0 Å². The Hall–Kier alpha value is -1.83. The number of likely N-dealkylation sites (N-methyl/N-ethyl adjacent to an activating group) is 1. The summed E-state index contributed by atoms with van der Waals surface area (Å²) in [6.45, 7) is 10.5. The number of aliphatic imine (C=N–C) groups is 1. The van der Waals surface area contributed by atoms with E-state index in [9.17, 15) is 5.11 Å². The highest BCUT2D eigenvalue weighted by atomic mass is 16.5. The third-order valence-electron chi connectivity index (χ3n) is 4.53. The summed E-state index contributed by atoms with van der Waals surface area (Å²) in [4.78, 5) is 9.02. The van der Waals surface area contributed by atoms with Crippen molar-refractivity contribution in [1.29, 1.82) is 0 Å². The van der Waals surface area contributed by atoms with Crippen molar-refractivity contribution in [1.82, 2.24) is 15.5 Å². The van der Waals surface area contributed by atoms with Crippen LogP contribution in [0.3, 0.4) is 0 Å². The number of morpholine rings is 1. The van der Waals surface area contributed by atoms with Gasteiger partial charge in [0.1, 0.15) is 0 Å². The molecule has 1 unspecified atom stereocenters. The summed E-state index contributed by atoms with van der Waals surface area (Å²) in [7, 11) is 2.08. The SMILES string of the molecule is CCNC(=NCC(C)(O)CN1CCOCC1)NCCN(C)c1ccccc1. The second-order valence-electron chi connectivity index (χ2n) is 7.26. The number of rotatable bonds is 9. The van der Waals surface area contributed by atoms with E-state index >= 15 is 0 Å². The molecular formula is C20H35N5O2. The highest BCUT2D eigenvalue weighted by molar-refractivity contribution is 5.79. The molecule has 0 saturated carbocycles. The van der Waals surface area contributed by atoms with E-state index in [0.717, 1.165) is 51.9 Å². The molecule has 1 aromatic rings. The third-order valence-corrected chi connectivity index (χ3v) is 4.53. The van der Waals surface area contributed by atoms with Gasteiger partial charge in [0.05, 0.1) is 25.4 Å². The van der Waals surface area contributed by atoms with Crippen LogP contribution in [0.4, 0.5) is 5.69 Å². The number of hydrogen-bond donors (Lipinski definition) is 3. The summed E-state index contributed by atoms with van der Waals surface area (Å²) < 4.78 is 5.37. The minimum atomic E-state index is -0.861. The minimum Gasteiger partial charge on any atom is -0.387 e. The van der Waals surface area contributed by atoms with E-state index in [2.05, 4.69) is 44.6 Å². The van der Waals surface area contributed by atoms with Crippen molar-refractivity contribution < 1.29 is 9.84 Å². The van der Waals surface area contributed by atoms with Crippen LogP contribution in [0.2, 0.25) is 0 Å². The molecule has 3 N–H and O–H groups in total. The Morgan fingerprint density at radius 2 is 1.96 bits per heavy atom. The number of anilines is 1. The Balaban J connectivity index is 1.80. The van der Waals surface area contributed by atoms with E-state index < -0.39 is 5.60 Å². The van der Waals surface area contributed by atoms with Gasteiger partial charge < -0.3 is 25.4 Å². The standard InChI is InChI=1S/C20H35N5O2/c1-4-21-19(22-10-11-24(3)18-8-6-5-7-9-18)23-16-20(2,26)17-25-12-14-27-15-13-25/h5-9,26H,4,10-17H2,1-3H3,(H2,21,22,23). The molecule has 0 amide bonds. The summed E-state index contributed by atoms with van der Waals surface area (Å²) in [5.74, 6) is 0.737. The van der Waals surface area contributed by atoms with E-state index in [1.54, 1.807) is 0 Å². The number of para-hydroxylation sites is 1. The first-order chi connectivity index (χ1) is 13.0. The Bertz CT molecular complexity index is 559. The van der Waals surface area contributed by atoms with Gasteiger partial charge in [0.15, 0.2) is 5.96 Å². The number of nitrogens with zero attached hydrogens (tertiary/aromatic N) is 3. The summed E-state index contributed by atoms with van der Waals surface area (Å²) in [6.07, 6.45) is 0. The molecular weight excluding hydrogens is 342 g/mol. The number of β-amino-alcohol motifs (C(OH)–C–C–N with tert-alkyl or cyclic N) is 1. The average molecular weight is 378 g/mol. The van der Waals surface area contributed by atoms with E-state index in [0.29, 0.717) is 13.1 Å². The van der Waals surface area contributed by atoms with Gasteiger partial charge in [0, 0.05) is 52.0 Å². The van der Waals surface area contributed by atoms with Crippen molar-refractivity contribution in [2.45, 2.75) is 19.4 Å². The average Bonchev–Trinajstić information content (AvgIpc) is 2.67. The smallest absolute Gasteiger partial charge is 0.191 e. The molecule has 1 aliphatic rings. The van der Waals surface area contributed by atoms with Gasteiger partial charge in [-0.3, -0.25) is 9.89 Å². The molecule has 7 heteroatoms. The lowest BCUT2D eigenvalue weighted by atomic mass is 10.1. The minimum absolute atomic E-state index is 0.355. The second kappa shape index (κ2) is 11.1. The third kappa shape index (κ3) is 8.15. The van der Waals surface area contributed by atoms with Crippen LogP contribution in [0, 0.1) is 0 Å². The van der Waals surface area contributed by atoms with Gasteiger partial charge in [-0.15, -0.1) is 0 Å². The van der Waals surface area contributed by atoms with Gasteiger partial charge in [-0.05, 0) is 26.0 Å². The highest BCUT2D eigenvalue weighted by Crippen LogP contribution is 2.10. The van der Waals surface area contributed by atoms with Crippen LogP contribution >= 0.6 is 0 Å². The highest BCUT2D eigenvalue weighted by Gasteiger charge is 2.25. The molecule has 0 spiro atoms. The predicted molar refractivity (Wildman–Crippen MR) is 112 cm³/mol. The molecule has 7 nitrogen and oxygen atoms in total. The molecule has 1 heterocycles. The Labute approximate surface area is 163 Å². The maximum atomic E-state index is 10.7. The lowest BCUT2D eigenvalue weighted by molar-refractivity contribution is -0.0179. The van der Waals surface area contributed by atoms with Gasteiger partial charge in [-0.2, -0.15) is 0 Å². The fraction of sp³-hybridized carbons (Fsp3) is 0.650. The van der Waals surface area contributed by atoms with E-state index in [4.69, 9.17) is 4.74 Å². The summed E-state index contributed by atoms with van der Waals surface area (Å²) in [6, 6.07) is 10.3. The monoisotopic (exact) mass is 377 g/mol. The molecule has 0 aliphatic carbocycles. The van der Waals surface area contributed by atoms with Crippen LogP contribution < -0.4 is 15.5 Å². The van der Waals surface area contributed by atoms with E-state index in [-0.39, 0.29) is 0 Å². The van der Waals surface area contributed by atoms with Crippen molar-refractivity contribution in [2.75, 3.05) is 71.0 Å². The topological polar surface area (TPSA) is 72.4 Å². The number of hydrogen-bond acceptors (Lipinski definition) is 5. The zero-order valence-corrected chi connectivity index (χ0v) is 16.9. The zero-order valence-electron chi connectivity index (χ0n) is 16.9. The van der Waals surface area contributed by atoms with Crippen LogP contribution in [0.25, 0.3) is 0 Å². The van der Waals surface area contributed by atoms with Crippen molar-refractivity contribution in [3.8, 4) is 0 Å². The quantitative estimate of drug-likeness (QED) is 0.436. The van der Waals surface area contributed by atoms with Gasteiger partial charge >= 0.3 is 0 Å². The lowest BCUT2D eigenvalue weighted by Gasteiger charge is -2.33. The predicted octanol–water partition coefficient (Wildman–Crippen LogP) is 0.761. The van der Waals surface area contributed by atoms with Crippen LogP contribution in [0.15, 0.2) is 35.3 Å². The number of benzene rings is 1. The van der Waals surface area contributed by atoms with Crippen LogP contribution in [-0.4, -0.2) is 87.6 Å². The number of guanidine groups is 1. The van der Waals surface area contributed by atoms with Gasteiger partial charge in [-0.1, -0.05) is 18.2 Å². The molecule has 27 heavy (non-hydrogen) atoms. The molecule has 0 radical (unpaired) electrons. The first-order valence-electron chi connectivity index (χ1n) is 9.81. The van der Waals surface area contributed by atoms with E-state index in [1.807, 2.05) is 32.0 Å². The summed E-state index contributed by atoms with van der Waals surface area (Å²) >= 11 is 0. The second-order valence-corrected chi connectivity index (χ2v) is 7.26. The first-order valence-corrected chi connectivity index (χ1v) is 9.81. The van der Waals surface area contributed by atoms with Crippen LogP contribution in [0.5, 0.6) is 0 Å².